The molecule has 0 aliphatic heterocycles. The molecule has 0 spiro atoms. The van der Waals surface area contributed by atoms with Crippen molar-refractivity contribution < 1.29 is 9.53 Å². The Labute approximate surface area is 183 Å². The number of benzene rings is 2. The monoisotopic (exact) mass is 408 g/mol. The van der Waals surface area contributed by atoms with E-state index in [1.807, 2.05) is 12.1 Å². The van der Waals surface area contributed by atoms with Crippen LogP contribution in [0.15, 0.2) is 36.4 Å². The van der Waals surface area contributed by atoms with Crippen molar-refractivity contribution in [3.05, 3.63) is 42.0 Å². The maximum atomic E-state index is 12.1. The summed E-state index contributed by atoms with van der Waals surface area (Å²) in [4.78, 5) is 12.1. The second-order valence-corrected chi connectivity index (χ2v) is 9.52. The highest BCUT2D eigenvalue weighted by Gasteiger charge is 2.23. The van der Waals surface area contributed by atoms with Gasteiger partial charge in [0.2, 0.25) is 0 Å². The Bertz CT molecular complexity index is 801. The highest BCUT2D eigenvalue weighted by Crippen LogP contribution is 2.39. The molecule has 2 aromatic carbocycles. The number of unbranched alkanes of at least 4 members (excludes halogenated alkanes) is 3. The highest BCUT2D eigenvalue weighted by molar-refractivity contribution is 5.85. The van der Waals surface area contributed by atoms with Crippen LogP contribution in [0.3, 0.4) is 0 Å². The summed E-state index contributed by atoms with van der Waals surface area (Å²) in [6.45, 7) is 6.89. The first-order chi connectivity index (χ1) is 14.6. The number of fused-ring (bicyclic) bond motifs is 1. The lowest BCUT2D eigenvalue weighted by atomic mass is 9.75. The van der Waals surface area contributed by atoms with Crippen molar-refractivity contribution in [2.24, 2.45) is 11.8 Å². The number of carbonyl (C=O) groups is 1. The number of carbonyl (C=O) groups excluding carboxylic acids is 1. The molecule has 0 saturated heterocycles. The summed E-state index contributed by atoms with van der Waals surface area (Å²) < 4.78 is 5.56. The number of ether oxygens (including phenoxy) is 1. The van der Waals surface area contributed by atoms with Crippen LogP contribution in [0.1, 0.15) is 103 Å². The van der Waals surface area contributed by atoms with Crippen LogP contribution in [0.25, 0.3) is 10.8 Å². The molecule has 2 nitrogen and oxygen atoms in total. The molecule has 2 heteroatoms. The van der Waals surface area contributed by atoms with Crippen molar-refractivity contribution in [3.63, 3.8) is 0 Å². The van der Waals surface area contributed by atoms with Crippen molar-refractivity contribution in [1.82, 2.24) is 0 Å². The van der Waals surface area contributed by atoms with Crippen molar-refractivity contribution in [3.8, 4) is 5.75 Å². The highest BCUT2D eigenvalue weighted by atomic mass is 16.5. The maximum absolute atomic E-state index is 12.1. The fraction of sp³-hybridized carbons (Fsp3) is 0.607. The molecule has 1 atom stereocenters. The van der Waals surface area contributed by atoms with Crippen molar-refractivity contribution >= 4 is 16.7 Å². The molecule has 0 N–H and O–H groups in total. The Morgan fingerprint density at radius 2 is 1.70 bits per heavy atom. The largest absolute Gasteiger partial charge is 0.427 e. The molecule has 164 valence electrons. The normalized spacial score (nSPS) is 20.2. The third-order valence-corrected chi connectivity index (χ3v) is 7.05. The van der Waals surface area contributed by atoms with Crippen LogP contribution in [-0.2, 0) is 4.79 Å². The Morgan fingerprint density at radius 1 is 0.967 bits per heavy atom. The van der Waals surface area contributed by atoms with Crippen LogP contribution in [0, 0.1) is 11.8 Å². The second kappa shape index (κ2) is 11.5. The number of rotatable bonds is 10. The van der Waals surface area contributed by atoms with Crippen LogP contribution in [0.5, 0.6) is 5.75 Å². The van der Waals surface area contributed by atoms with Gasteiger partial charge in [-0.3, -0.25) is 4.79 Å². The van der Waals surface area contributed by atoms with Gasteiger partial charge >= 0.3 is 5.97 Å². The molecule has 0 radical (unpaired) electrons. The smallest absolute Gasteiger partial charge is 0.311 e. The molecule has 2 aromatic rings. The molecule has 1 fully saturated rings. The Balaban J connectivity index is 1.56. The SMILES string of the molecule is CCCCCCC(=O)Oc1ccc2cc([C@H]3CC[C@H](CC(C)CC)CC3)ccc2c1. The van der Waals surface area contributed by atoms with E-state index in [1.165, 1.54) is 62.3 Å². The van der Waals surface area contributed by atoms with E-state index < -0.39 is 0 Å². The molecule has 0 bridgehead atoms. The fourth-order valence-corrected chi connectivity index (χ4v) is 4.91. The van der Waals surface area contributed by atoms with E-state index in [1.54, 1.807) is 0 Å². The lowest BCUT2D eigenvalue weighted by Gasteiger charge is -2.30. The van der Waals surface area contributed by atoms with Gasteiger partial charge in [-0.05, 0) is 84.7 Å². The summed E-state index contributed by atoms with van der Waals surface area (Å²) in [5.74, 6) is 3.04. The summed E-state index contributed by atoms with van der Waals surface area (Å²) in [7, 11) is 0. The zero-order chi connectivity index (χ0) is 21.3. The first kappa shape index (κ1) is 22.8. The molecule has 1 unspecified atom stereocenters. The zero-order valence-corrected chi connectivity index (χ0v) is 19.3. The third-order valence-electron chi connectivity index (χ3n) is 7.05. The maximum Gasteiger partial charge on any atom is 0.311 e. The first-order valence-corrected chi connectivity index (χ1v) is 12.3. The standard InChI is InChI=1S/C28H40O2/c1-4-6-7-8-9-28(29)30-27-17-16-25-19-24(14-15-26(25)20-27)23-12-10-22(11-13-23)18-21(3)5-2/h14-17,19-23H,4-13,18H2,1-3H3/t21?,22-,23-. The van der Waals surface area contributed by atoms with Crippen LogP contribution >= 0.6 is 0 Å². The van der Waals surface area contributed by atoms with Crippen LogP contribution < -0.4 is 4.74 Å². The molecular formula is C28H40O2. The molecule has 0 heterocycles. The predicted molar refractivity (Wildman–Crippen MR) is 127 cm³/mol. The summed E-state index contributed by atoms with van der Waals surface area (Å²) in [5, 5.41) is 2.40. The quantitative estimate of drug-likeness (QED) is 0.224. The molecule has 0 aromatic heterocycles. The van der Waals surface area contributed by atoms with Gasteiger partial charge in [0, 0.05) is 6.42 Å². The van der Waals surface area contributed by atoms with Crippen LogP contribution in [0.4, 0.5) is 0 Å². The number of esters is 1. The Hall–Kier alpha value is -1.83. The zero-order valence-electron chi connectivity index (χ0n) is 19.3. The van der Waals surface area contributed by atoms with Gasteiger partial charge in [-0.1, -0.05) is 70.7 Å². The van der Waals surface area contributed by atoms with E-state index >= 15 is 0 Å². The van der Waals surface area contributed by atoms with E-state index in [0.29, 0.717) is 18.1 Å². The minimum atomic E-state index is -0.115. The van der Waals surface area contributed by atoms with Crippen molar-refractivity contribution in [2.75, 3.05) is 0 Å². The Kier molecular flexibility index (Phi) is 8.78. The second-order valence-electron chi connectivity index (χ2n) is 9.52. The van der Waals surface area contributed by atoms with Crippen LogP contribution in [-0.4, -0.2) is 5.97 Å². The first-order valence-electron chi connectivity index (χ1n) is 12.3. The van der Waals surface area contributed by atoms with E-state index in [0.717, 1.165) is 30.1 Å². The van der Waals surface area contributed by atoms with E-state index in [2.05, 4.69) is 45.0 Å². The van der Waals surface area contributed by atoms with E-state index in [4.69, 9.17) is 4.74 Å². The molecule has 1 saturated carbocycles. The molecule has 1 aliphatic rings. The average Bonchev–Trinajstić information content (AvgIpc) is 2.77. The van der Waals surface area contributed by atoms with Crippen molar-refractivity contribution in [1.29, 1.82) is 0 Å². The van der Waals surface area contributed by atoms with Gasteiger partial charge in [-0.25, -0.2) is 0 Å². The van der Waals surface area contributed by atoms with Gasteiger partial charge in [0.05, 0.1) is 0 Å². The lowest BCUT2D eigenvalue weighted by Crippen LogP contribution is -2.15. The third kappa shape index (κ3) is 6.59. The molecule has 0 amide bonds. The van der Waals surface area contributed by atoms with Gasteiger partial charge in [-0.15, -0.1) is 0 Å². The number of hydrogen-bond donors (Lipinski definition) is 0. The van der Waals surface area contributed by atoms with E-state index in [9.17, 15) is 4.79 Å². The minimum Gasteiger partial charge on any atom is -0.427 e. The van der Waals surface area contributed by atoms with Crippen LogP contribution in [0.2, 0.25) is 0 Å². The minimum absolute atomic E-state index is 0.115. The predicted octanol–water partition coefficient (Wildman–Crippen LogP) is 8.43. The molecule has 30 heavy (non-hydrogen) atoms. The van der Waals surface area contributed by atoms with Crippen molar-refractivity contribution in [2.45, 2.75) is 97.3 Å². The summed E-state index contributed by atoms with van der Waals surface area (Å²) >= 11 is 0. The molecule has 3 rings (SSSR count). The van der Waals surface area contributed by atoms with Gasteiger partial charge in [0.25, 0.3) is 0 Å². The van der Waals surface area contributed by atoms with Gasteiger partial charge < -0.3 is 4.74 Å². The summed E-state index contributed by atoms with van der Waals surface area (Å²) in [5.41, 5.74) is 1.48. The van der Waals surface area contributed by atoms with E-state index in [-0.39, 0.29) is 5.97 Å². The molecular weight excluding hydrogens is 368 g/mol. The summed E-state index contributed by atoms with van der Waals surface area (Å²) in [6, 6.07) is 12.9. The number of hydrogen-bond acceptors (Lipinski definition) is 2. The lowest BCUT2D eigenvalue weighted by molar-refractivity contribution is -0.134. The average molecular weight is 409 g/mol. The van der Waals surface area contributed by atoms with Gasteiger partial charge in [-0.2, -0.15) is 0 Å². The topological polar surface area (TPSA) is 26.3 Å². The van der Waals surface area contributed by atoms with Gasteiger partial charge in [0.1, 0.15) is 5.75 Å². The van der Waals surface area contributed by atoms with Gasteiger partial charge in [0.15, 0.2) is 0 Å². The summed E-state index contributed by atoms with van der Waals surface area (Å²) in [6.07, 6.45) is 13.0. The molecule has 1 aliphatic carbocycles. The Morgan fingerprint density at radius 3 is 2.43 bits per heavy atom. The fourth-order valence-electron chi connectivity index (χ4n) is 4.91.